The van der Waals surface area contributed by atoms with Gasteiger partial charge in [-0.2, -0.15) is 4.37 Å². The second kappa shape index (κ2) is 6.01. The number of thioether (sulfide) groups is 1. The minimum Gasteiger partial charge on any atom is -0.320 e. The van der Waals surface area contributed by atoms with Crippen molar-refractivity contribution in [2.75, 3.05) is 6.54 Å². The van der Waals surface area contributed by atoms with Gasteiger partial charge >= 0.3 is 0 Å². The molecule has 0 radical (unpaired) electrons. The Labute approximate surface area is 106 Å². The van der Waals surface area contributed by atoms with Gasteiger partial charge in [-0.05, 0) is 23.0 Å². The summed E-state index contributed by atoms with van der Waals surface area (Å²) in [6.07, 6.45) is 1.58. The lowest BCUT2D eigenvalue weighted by Gasteiger charge is -1.95. The molecule has 2 aromatic rings. The Bertz CT molecular complexity index is 493. The van der Waals surface area contributed by atoms with Crippen molar-refractivity contribution >= 4 is 34.6 Å². The van der Waals surface area contributed by atoms with Crippen LogP contribution in [0, 0.1) is 11.8 Å². The summed E-state index contributed by atoms with van der Waals surface area (Å²) in [5.41, 5.74) is 6.43. The first kappa shape index (κ1) is 11.6. The Kier molecular flexibility index (Phi) is 4.36. The Morgan fingerprint density at radius 3 is 3.19 bits per heavy atom. The largest absolute Gasteiger partial charge is 0.320 e. The molecule has 0 amide bonds. The highest BCUT2D eigenvalue weighted by atomic mass is 32.2. The highest BCUT2D eigenvalue weighted by molar-refractivity contribution is 8.00. The molecule has 2 heterocycles. The van der Waals surface area contributed by atoms with E-state index in [1.165, 1.54) is 16.4 Å². The van der Waals surface area contributed by atoms with E-state index in [-0.39, 0.29) is 0 Å². The number of nitrogens with zero attached hydrogens (tertiary/aromatic N) is 2. The molecule has 16 heavy (non-hydrogen) atoms. The van der Waals surface area contributed by atoms with E-state index >= 15 is 0 Å². The highest BCUT2D eigenvalue weighted by Crippen LogP contribution is 2.27. The van der Waals surface area contributed by atoms with E-state index in [0.717, 1.165) is 15.7 Å². The summed E-state index contributed by atoms with van der Waals surface area (Å²) in [7, 11) is 0. The number of hydrogen-bond donors (Lipinski definition) is 1. The molecule has 3 nitrogen and oxygen atoms in total. The van der Waals surface area contributed by atoms with Crippen molar-refractivity contribution in [3.05, 3.63) is 28.2 Å². The monoisotopic (exact) mass is 267 g/mol. The molecule has 0 saturated heterocycles. The van der Waals surface area contributed by atoms with E-state index in [0.29, 0.717) is 6.54 Å². The molecule has 0 aliphatic heterocycles. The normalized spacial score (nSPS) is 9.81. The van der Waals surface area contributed by atoms with Gasteiger partial charge in [-0.3, -0.25) is 0 Å². The minimum atomic E-state index is 0.402. The summed E-state index contributed by atoms with van der Waals surface area (Å²) in [4.78, 5) is 5.39. The van der Waals surface area contributed by atoms with Gasteiger partial charge in [0.1, 0.15) is 6.33 Å². The zero-order chi connectivity index (χ0) is 11.2. The topological polar surface area (TPSA) is 51.8 Å². The summed E-state index contributed by atoms with van der Waals surface area (Å²) in [6, 6.07) is 2.03. The summed E-state index contributed by atoms with van der Waals surface area (Å²) < 4.78 is 4.95. The van der Waals surface area contributed by atoms with Crippen LogP contribution in [0.15, 0.2) is 22.1 Å². The summed E-state index contributed by atoms with van der Waals surface area (Å²) in [6.45, 7) is 0.402. The number of hydrogen-bond acceptors (Lipinski definition) is 6. The van der Waals surface area contributed by atoms with E-state index in [1.807, 2.05) is 6.07 Å². The standard InChI is InChI=1S/C10H9N3S3/c11-4-1-2-8-3-5-14-9(8)6-15-10-12-7-13-16-10/h3,5,7H,4,6,11H2. The van der Waals surface area contributed by atoms with Crippen LogP contribution < -0.4 is 5.73 Å². The van der Waals surface area contributed by atoms with Crippen LogP contribution in [0.2, 0.25) is 0 Å². The molecular formula is C10H9N3S3. The second-order valence-electron chi connectivity index (χ2n) is 2.76. The molecule has 0 bridgehead atoms. The van der Waals surface area contributed by atoms with Crippen molar-refractivity contribution in [2.24, 2.45) is 5.73 Å². The average molecular weight is 267 g/mol. The Morgan fingerprint density at radius 1 is 1.50 bits per heavy atom. The molecule has 82 valence electrons. The fourth-order valence-electron chi connectivity index (χ4n) is 1.06. The zero-order valence-corrected chi connectivity index (χ0v) is 10.8. The van der Waals surface area contributed by atoms with Crippen molar-refractivity contribution in [3.63, 3.8) is 0 Å². The molecule has 0 unspecified atom stereocenters. The number of nitrogens with two attached hydrogens (primary N) is 1. The van der Waals surface area contributed by atoms with Gasteiger partial charge in [0, 0.05) is 16.2 Å². The fourth-order valence-corrected chi connectivity index (χ4v) is 3.45. The molecule has 2 aromatic heterocycles. The van der Waals surface area contributed by atoms with Crippen LogP contribution in [0.3, 0.4) is 0 Å². The smallest absolute Gasteiger partial charge is 0.170 e. The van der Waals surface area contributed by atoms with Gasteiger partial charge in [-0.25, -0.2) is 4.98 Å². The lowest BCUT2D eigenvalue weighted by Crippen LogP contribution is -1.93. The van der Waals surface area contributed by atoms with Crippen LogP contribution in [-0.2, 0) is 5.75 Å². The van der Waals surface area contributed by atoms with Gasteiger partial charge in [0.15, 0.2) is 4.34 Å². The first-order valence-corrected chi connectivity index (χ1v) is 7.19. The molecule has 2 N–H and O–H groups in total. The molecule has 0 aliphatic rings. The fraction of sp³-hybridized carbons (Fsp3) is 0.200. The molecular weight excluding hydrogens is 258 g/mol. The van der Waals surface area contributed by atoms with E-state index in [9.17, 15) is 0 Å². The highest BCUT2D eigenvalue weighted by Gasteiger charge is 2.04. The van der Waals surface area contributed by atoms with Gasteiger partial charge in [-0.1, -0.05) is 23.6 Å². The van der Waals surface area contributed by atoms with Crippen molar-refractivity contribution in [3.8, 4) is 11.8 Å². The van der Waals surface area contributed by atoms with Gasteiger partial charge in [-0.15, -0.1) is 11.3 Å². The van der Waals surface area contributed by atoms with Crippen LogP contribution in [0.5, 0.6) is 0 Å². The van der Waals surface area contributed by atoms with Crippen LogP contribution in [0.25, 0.3) is 0 Å². The SMILES string of the molecule is NCC#Cc1ccsc1CSc1ncns1. The minimum absolute atomic E-state index is 0.402. The number of rotatable bonds is 3. The number of thiophene rings is 1. The first-order valence-electron chi connectivity index (χ1n) is 4.55. The number of aromatic nitrogens is 2. The van der Waals surface area contributed by atoms with Crippen LogP contribution in [0.1, 0.15) is 10.4 Å². The summed E-state index contributed by atoms with van der Waals surface area (Å²) >= 11 is 4.82. The van der Waals surface area contributed by atoms with Gasteiger partial charge in [0.25, 0.3) is 0 Å². The van der Waals surface area contributed by atoms with Crippen molar-refractivity contribution in [1.29, 1.82) is 0 Å². The maximum atomic E-state index is 5.35. The maximum absolute atomic E-state index is 5.35. The van der Waals surface area contributed by atoms with E-state index < -0.39 is 0 Å². The first-order chi connectivity index (χ1) is 7.90. The van der Waals surface area contributed by atoms with Crippen LogP contribution >= 0.6 is 34.6 Å². The van der Waals surface area contributed by atoms with E-state index in [2.05, 4.69) is 26.6 Å². The Balaban J connectivity index is 2.01. The Hall–Kier alpha value is -0.870. The quantitative estimate of drug-likeness (QED) is 0.684. The zero-order valence-electron chi connectivity index (χ0n) is 8.34. The van der Waals surface area contributed by atoms with Gasteiger partial charge in [0.05, 0.1) is 6.54 Å². The van der Waals surface area contributed by atoms with Crippen LogP contribution in [-0.4, -0.2) is 15.9 Å². The third kappa shape index (κ3) is 3.06. The van der Waals surface area contributed by atoms with Crippen LogP contribution in [0.4, 0.5) is 0 Å². The molecule has 6 heteroatoms. The van der Waals surface area contributed by atoms with E-state index in [4.69, 9.17) is 5.73 Å². The van der Waals surface area contributed by atoms with Crippen molar-refractivity contribution < 1.29 is 0 Å². The maximum Gasteiger partial charge on any atom is 0.170 e. The molecule has 0 fully saturated rings. The molecule has 0 aliphatic carbocycles. The third-order valence-corrected chi connectivity index (χ3v) is 4.67. The lowest BCUT2D eigenvalue weighted by atomic mass is 10.3. The molecule has 0 spiro atoms. The molecule has 0 atom stereocenters. The predicted molar refractivity (Wildman–Crippen MR) is 69.7 cm³/mol. The summed E-state index contributed by atoms with van der Waals surface area (Å²) in [5.74, 6) is 6.84. The molecule has 0 aromatic carbocycles. The van der Waals surface area contributed by atoms with Crippen molar-refractivity contribution in [2.45, 2.75) is 10.1 Å². The Morgan fingerprint density at radius 2 is 2.44 bits per heavy atom. The lowest BCUT2D eigenvalue weighted by molar-refractivity contribution is 1.21. The van der Waals surface area contributed by atoms with E-state index in [1.54, 1.807) is 29.4 Å². The summed E-state index contributed by atoms with van der Waals surface area (Å²) in [5, 5.41) is 2.05. The predicted octanol–water partition coefficient (Wildman–Crippen LogP) is 2.20. The van der Waals surface area contributed by atoms with Gasteiger partial charge in [0.2, 0.25) is 0 Å². The molecule has 2 rings (SSSR count). The third-order valence-electron chi connectivity index (χ3n) is 1.74. The average Bonchev–Trinajstić information content (AvgIpc) is 2.94. The molecule has 0 saturated carbocycles. The van der Waals surface area contributed by atoms with Gasteiger partial charge < -0.3 is 5.73 Å². The second-order valence-corrected chi connectivity index (χ2v) is 5.76. The van der Waals surface area contributed by atoms with Crippen molar-refractivity contribution in [1.82, 2.24) is 9.36 Å².